The fourth-order valence-electron chi connectivity index (χ4n) is 1.32. The van der Waals surface area contributed by atoms with Gasteiger partial charge in [0.15, 0.2) is 0 Å². The van der Waals surface area contributed by atoms with Crippen LogP contribution in [-0.2, 0) is 5.67 Å². The number of hydrogen-bond donors (Lipinski definition) is 1. The predicted octanol–water partition coefficient (Wildman–Crippen LogP) is 2.53. The Labute approximate surface area is 78.8 Å². The van der Waals surface area contributed by atoms with Gasteiger partial charge in [-0.15, -0.1) is 0 Å². The summed E-state index contributed by atoms with van der Waals surface area (Å²) in [7, 11) is 0. The zero-order valence-corrected chi connectivity index (χ0v) is 8.18. The fraction of sp³-hybridized carbons (Fsp3) is 0.455. The van der Waals surface area contributed by atoms with Gasteiger partial charge in [0.2, 0.25) is 0 Å². The molecule has 72 valence electrons. The summed E-state index contributed by atoms with van der Waals surface area (Å²) in [6.07, 6.45) is 0.371. The van der Waals surface area contributed by atoms with Gasteiger partial charge in [-0.25, -0.2) is 4.39 Å². The van der Waals surface area contributed by atoms with Gasteiger partial charge in [-0.2, -0.15) is 0 Å². The quantitative estimate of drug-likeness (QED) is 0.761. The lowest BCUT2D eigenvalue weighted by Crippen LogP contribution is -2.19. The lowest BCUT2D eigenvalue weighted by atomic mass is 9.94. The molecule has 0 aliphatic rings. The summed E-state index contributed by atoms with van der Waals surface area (Å²) < 4.78 is 13.9. The number of hydrogen-bond acceptors (Lipinski definition) is 1. The molecule has 0 aromatic heterocycles. The van der Waals surface area contributed by atoms with Crippen molar-refractivity contribution in [3.8, 4) is 0 Å². The summed E-state index contributed by atoms with van der Waals surface area (Å²) in [5.41, 5.74) is 5.91. The average Bonchev–Trinajstić information content (AvgIpc) is 2.05. The first-order chi connectivity index (χ1) is 6.06. The summed E-state index contributed by atoms with van der Waals surface area (Å²) in [4.78, 5) is 0. The summed E-state index contributed by atoms with van der Waals surface area (Å²) >= 11 is 0. The highest BCUT2D eigenvalue weighted by Gasteiger charge is 2.24. The molecule has 0 saturated carbocycles. The zero-order chi connectivity index (χ0) is 9.90. The molecule has 0 radical (unpaired) electrons. The van der Waals surface area contributed by atoms with E-state index in [2.05, 4.69) is 0 Å². The number of alkyl halides is 1. The summed E-state index contributed by atoms with van der Waals surface area (Å²) in [6.45, 7) is 3.94. The van der Waals surface area contributed by atoms with Crippen molar-refractivity contribution in [3.63, 3.8) is 0 Å². The molecule has 0 aliphatic carbocycles. The minimum absolute atomic E-state index is 0.371. The minimum atomic E-state index is -1.29. The van der Waals surface area contributed by atoms with Crippen LogP contribution in [0, 0.1) is 6.92 Å². The molecule has 1 nitrogen and oxygen atoms in total. The lowest BCUT2D eigenvalue weighted by Gasteiger charge is -2.19. The Kier molecular flexibility index (Phi) is 3.04. The lowest BCUT2D eigenvalue weighted by molar-refractivity contribution is 0.181. The van der Waals surface area contributed by atoms with Crippen molar-refractivity contribution in [2.45, 2.75) is 25.9 Å². The van der Waals surface area contributed by atoms with E-state index in [1.807, 2.05) is 31.2 Å². The summed E-state index contributed by atoms with van der Waals surface area (Å²) in [5.74, 6) is 0. The van der Waals surface area contributed by atoms with Crippen molar-refractivity contribution in [1.29, 1.82) is 0 Å². The second kappa shape index (κ2) is 3.88. The van der Waals surface area contributed by atoms with Gasteiger partial charge in [-0.3, -0.25) is 0 Å². The van der Waals surface area contributed by atoms with E-state index in [4.69, 9.17) is 5.73 Å². The molecule has 0 saturated heterocycles. The van der Waals surface area contributed by atoms with Gasteiger partial charge in [0, 0.05) is 0 Å². The molecule has 1 aromatic rings. The van der Waals surface area contributed by atoms with E-state index in [1.54, 1.807) is 6.92 Å². The van der Waals surface area contributed by atoms with E-state index in [9.17, 15) is 4.39 Å². The van der Waals surface area contributed by atoms with Crippen molar-refractivity contribution in [2.75, 3.05) is 6.54 Å². The molecular formula is C11H16FN. The normalized spacial score (nSPS) is 15.4. The first-order valence-corrected chi connectivity index (χ1v) is 4.52. The van der Waals surface area contributed by atoms with Gasteiger partial charge in [0.05, 0.1) is 0 Å². The molecule has 0 aliphatic heterocycles. The maximum atomic E-state index is 13.9. The van der Waals surface area contributed by atoms with Crippen molar-refractivity contribution in [1.82, 2.24) is 0 Å². The standard InChI is InChI=1S/C11H16FN/c1-9-3-5-10(6-4-9)11(2,12)7-8-13/h3-6H,7-8,13H2,1-2H3. The molecule has 1 atom stereocenters. The van der Waals surface area contributed by atoms with Crippen LogP contribution < -0.4 is 5.73 Å². The van der Waals surface area contributed by atoms with Crippen molar-refractivity contribution < 1.29 is 4.39 Å². The molecule has 2 heteroatoms. The number of benzene rings is 1. The van der Waals surface area contributed by atoms with Crippen LogP contribution in [0.1, 0.15) is 24.5 Å². The number of halogens is 1. The molecule has 1 rings (SSSR count). The van der Waals surface area contributed by atoms with E-state index >= 15 is 0 Å². The maximum absolute atomic E-state index is 13.9. The Morgan fingerprint density at radius 2 is 1.85 bits per heavy atom. The second-order valence-electron chi connectivity index (χ2n) is 3.60. The van der Waals surface area contributed by atoms with Crippen LogP contribution >= 0.6 is 0 Å². The first-order valence-electron chi connectivity index (χ1n) is 4.52. The largest absolute Gasteiger partial charge is 0.330 e. The van der Waals surface area contributed by atoms with E-state index in [-0.39, 0.29) is 0 Å². The first kappa shape index (κ1) is 10.2. The van der Waals surface area contributed by atoms with Gasteiger partial charge in [0.25, 0.3) is 0 Å². The monoisotopic (exact) mass is 181 g/mol. The third-order valence-electron chi connectivity index (χ3n) is 2.27. The topological polar surface area (TPSA) is 26.0 Å². The van der Waals surface area contributed by atoms with Crippen molar-refractivity contribution in [2.24, 2.45) is 5.73 Å². The zero-order valence-electron chi connectivity index (χ0n) is 8.18. The Hall–Kier alpha value is -0.890. The molecule has 2 N–H and O–H groups in total. The number of rotatable bonds is 3. The smallest absolute Gasteiger partial charge is 0.134 e. The average molecular weight is 181 g/mol. The van der Waals surface area contributed by atoms with E-state index in [0.717, 1.165) is 5.56 Å². The van der Waals surface area contributed by atoms with Crippen LogP contribution in [0.5, 0.6) is 0 Å². The fourth-order valence-corrected chi connectivity index (χ4v) is 1.32. The second-order valence-corrected chi connectivity index (χ2v) is 3.60. The van der Waals surface area contributed by atoms with Gasteiger partial charge in [0.1, 0.15) is 5.67 Å². The summed E-state index contributed by atoms with van der Waals surface area (Å²) in [5, 5.41) is 0. The molecular weight excluding hydrogens is 165 g/mol. The maximum Gasteiger partial charge on any atom is 0.134 e. The SMILES string of the molecule is Cc1ccc(C(C)(F)CCN)cc1. The van der Waals surface area contributed by atoms with Gasteiger partial charge >= 0.3 is 0 Å². The van der Waals surface area contributed by atoms with E-state index < -0.39 is 5.67 Å². The van der Waals surface area contributed by atoms with Crippen LogP contribution in [0.25, 0.3) is 0 Å². The highest BCUT2D eigenvalue weighted by Crippen LogP contribution is 2.28. The Morgan fingerprint density at radius 1 is 1.31 bits per heavy atom. The molecule has 0 amide bonds. The molecule has 0 fully saturated rings. The number of nitrogens with two attached hydrogens (primary N) is 1. The molecule has 13 heavy (non-hydrogen) atoms. The Morgan fingerprint density at radius 3 is 2.31 bits per heavy atom. The third kappa shape index (κ3) is 2.52. The van der Waals surface area contributed by atoms with Gasteiger partial charge in [-0.1, -0.05) is 29.8 Å². The highest BCUT2D eigenvalue weighted by molar-refractivity contribution is 5.25. The van der Waals surface area contributed by atoms with Crippen molar-refractivity contribution in [3.05, 3.63) is 35.4 Å². The number of aryl methyl sites for hydroxylation is 1. The van der Waals surface area contributed by atoms with E-state index in [1.165, 1.54) is 0 Å². The van der Waals surface area contributed by atoms with Crippen LogP contribution in [0.2, 0.25) is 0 Å². The molecule has 0 heterocycles. The molecule has 1 aromatic carbocycles. The van der Waals surface area contributed by atoms with E-state index in [0.29, 0.717) is 18.5 Å². The van der Waals surface area contributed by atoms with Gasteiger partial charge < -0.3 is 5.73 Å². The predicted molar refractivity (Wildman–Crippen MR) is 53.3 cm³/mol. The van der Waals surface area contributed by atoms with Crippen molar-refractivity contribution >= 4 is 0 Å². The van der Waals surface area contributed by atoms with Crippen LogP contribution in [-0.4, -0.2) is 6.54 Å². The summed E-state index contributed by atoms with van der Waals surface area (Å²) in [6, 6.07) is 7.49. The van der Waals surface area contributed by atoms with Gasteiger partial charge in [-0.05, 0) is 32.4 Å². The molecule has 0 spiro atoms. The third-order valence-corrected chi connectivity index (χ3v) is 2.27. The molecule has 0 bridgehead atoms. The van der Waals surface area contributed by atoms with Crippen LogP contribution in [0.15, 0.2) is 24.3 Å². The highest BCUT2D eigenvalue weighted by atomic mass is 19.1. The van der Waals surface area contributed by atoms with Crippen LogP contribution in [0.4, 0.5) is 4.39 Å². The Balaban J connectivity index is 2.87. The molecule has 1 unspecified atom stereocenters. The van der Waals surface area contributed by atoms with Crippen LogP contribution in [0.3, 0.4) is 0 Å². The minimum Gasteiger partial charge on any atom is -0.330 e. The Bertz CT molecular complexity index is 264.